The van der Waals surface area contributed by atoms with E-state index in [1.54, 1.807) is 24.3 Å². The Morgan fingerprint density at radius 1 is 1.14 bits per heavy atom. The summed E-state index contributed by atoms with van der Waals surface area (Å²) in [4.78, 5) is 38.9. The molecule has 0 aliphatic carbocycles. The average molecular weight is 291 g/mol. The first-order chi connectivity index (χ1) is 9.97. The van der Waals surface area contributed by atoms with Crippen LogP contribution in [0.4, 0.5) is 0 Å². The normalized spacial score (nSPS) is 14.5. The third kappa shape index (κ3) is 3.90. The minimum absolute atomic E-state index is 0.0120. The van der Waals surface area contributed by atoms with E-state index in [0.29, 0.717) is 16.9 Å². The third-order valence-corrected chi connectivity index (χ3v) is 3.09. The molecule has 2 rings (SSSR count). The number of amides is 2. The number of hydrogen-bond donors (Lipinski definition) is 2. The van der Waals surface area contributed by atoms with Crippen LogP contribution in [-0.4, -0.2) is 40.0 Å². The summed E-state index contributed by atoms with van der Waals surface area (Å²) in [6.07, 6.45) is 0.503. The fraction of sp³-hybridized carbons (Fsp3) is 0.308. The second-order valence-corrected chi connectivity index (χ2v) is 4.66. The van der Waals surface area contributed by atoms with Gasteiger partial charge in [0.15, 0.2) is 0 Å². The fourth-order valence-corrected chi connectivity index (χ4v) is 1.91. The maximum absolute atomic E-state index is 11.6. The van der Waals surface area contributed by atoms with Crippen molar-refractivity contribution in [2.45, 2.75) is 25.7 Å². The number of nitrogens with zero attached hydrogens (tertiary/aromatic N) is 1. The molecule has 0 bridgehead atoms. The molecule has 1 aliphatic rings. The van der Waals surface area contributed by atoms with Gasteiger partial charge < -0.3 is 14.9 Å². The van der Waals surface area contributed by atoms with Crippen molar-refractivity contribution < 1.29 is 29.3 Å². The van der Waals surface area contributed by atoms with E-state index >= 15 is 0 Å². The largest absolute Gasteiger partial charge is 0.488 e. The van der Waals surface area contributed by atoms with Crippen molar-refractivity contribution in [3.8, 4) is 0 Å². The maximum Gasteiger partial charge on any atom is 0.488 e. The number of imide groups is 1. The van der Waals surface area contributed by atoms with Crippen LogP contribution < -0.4 is 5.46 Å². The van der Waals surface area contributed by atoms with E-state index in [1.807, 2.05) is 0 Å². The molecule has 0 unspecified atom stereocenters. The molecular weight excluding hydrogens is 277 g/mol. The van der Waals surface area contributed by atoms with Gasteiger partial charge in [-0.3, -0.25) is 9.59 Å². The third-order valence-electron chi connectivity index (χ3n) is 3.09. The lowest BCUT2D eigenvalue weighted by Gasteiger charge is -2.12. The van der Waals surface area contributed by atoms with E-state index in [4.69, 9.17) is 14.9 Å². The highest BCUT2D eigenvalue weighted by atomic mass is 16.7. The molecule has 0 atom stereocenters. The summed E-state index contributed by atoms with van der Waals surface area (Å²) in [5, 5.41) is 18.4. The minimum atomic E-state index is -1.53. The second-order valence-electron chi connectivity index (χ2n) is 4.66. The highest BCUT2D eigenvalue weighted by molar-refractivity contribution is 6.58. The molecule has 2 N–H and O–H groups in total. The quantitative estimate of drug-likeness (QED) is 0.527. The number of carbonyl (C=O) groups excluding carboxylic acids is 3. The van der Waals surface area contributed by atoms with E-state index in [0.717, 1.165) is 5.56 Å². The van der Waals surface area contributed by atoms with E-state index in [2.05, 4.69) is 0 Å². The van der Waals surface area contributed by atoms with Crippen LogP contribution in [0.5, 0.6) is 0 Å². The van der Waals surface area contributed by atoms with Crippen LogP contribution in [0.2, 0.25) is 0 Å². The van der Waals surface area contributed by atoms with Gasteiger partial charge in [0.2, 0.25) is 0 Å². The molecule has 0 saturated carbocycles. The summed E-state index contributed by atoms with van der Waals surface area (Å²) in [7, 11) is -1.53. The zero-order valence-electron chi connectivity index (χ0n) is 11.2. The number of hydroxylamine groups is 2. The number of carbonyl (C=O) groups is 3. The average Bonchev–Trinajstić information content (AvgIpc) is 2.77. The van der Waals surface area contributed by atoms with Crippen molar-refractivity contribution in [3.63, 3.8) is 0 Å². The molecule has 0 spiro atoms. The molecule has 1 fully saturated rings. The number of rotatable bonds is 5. The van der Waals surface area contributed by atoms with E-state index in [1.165, 1.54) is 0 Å². The van der Waals surface area contributed by atoms with E-state index in [9.17, 15) is 14.4 Å². The van der Waals surface area contributed by atoms with Crippen LogP contribution in [-0.2, 0) is 25.6 Å². The van der Waals surface area contributed by atoms with Crippen LogP contribution in [0.1, 0.15) is 24.8 Å². The first kappa shape index (κ1) is 15.2. The second kappa shape index (κ2) is 6.51. The zero-order chi connectivity index (χ0) is 15.4. The smallest absolute Gasteiger partial charge is 0.423 e. The number of aryl methyl sites for hydroxylation is 1. The molecule has 21 heavy (non-hydrogen) atoms. The molecule has 110 valence electrons. The molecule has 2 amide bonds. The van der Waals surface area contributed by atoms with Gasteiger partial charge in [-0.25, -0.2) is 4.79 Å². The summed E-state index contributed by atoms with van der Waals surface area (Å²) in [5.74, 6) is -1.67. The van der Waals surface area contributed by atoms with Gasteiger partial charge in [0.25, 0.3) is 11.8 Å². The summed E-state index contributed by atoms with van der Waals surface area (Å²) in [5.41, 5.74) is 1.16. The van der Waals surface area contributed by atoms with Crippen LogP contribution in [0.3, 0.4) is 0 Å². The monoisotopic (exact) mass is 291 g/mol. The van der Waals surface area contributed by atoms with Crippen LogP contribution >= 0.6 is 0 Å². The molecular formula is C13H14BNO6. The minimum Gasteiger partial charge on any atom is -0.423 e. The van der Waals surface area contributed by atoms with Gasteiger partial charge in [-0.2, -0.15) is 0 Å². The summed E-state index contributed by atoms with van der Waals surface area (Å²) >= 11 is 0. The van der Waals surface area contributed by atoms with Crippen molar-refractivity contribution in [2.24, 2.45) is 0 Å². The molecule has 7 nitrogen and oxygen atoms in total. The van der Waals surface area contributed by atoms with E-state index < -0.39 is 24.9 Å². The Morgan fingerprint density at radius 2 is 1.71 bits per heavy atom. The Balaban J connectivity index is 1.83. The topological polar surface area (TPSA) is 104 Å². The van der Waals surface area contributed by atoms with Gasteiger partial charge in [-0.15, -0.1) is 5.06 Å². The maximum atomic E-state index is 11.6. The Bertz CT molecular complexity index is 540. The SMILES string of the molecule is O=C(CCc1ccc(B(O)O)cc1)ON1C(=O)CCC1=O. The predicted molar refractivity (Wildman–Crippen MR) is 71.8 cm³/mol. The van der Waals surface area contributed by atoms with Crippen molar-refractivity contribution in [1.82, 2.24) is 5.06 Å². The predicted octanol–water partition coefficient (Wildman–Crippen LogP) is -1.09. The summed E-state index contributed by atoms with van der Waals surface area (Å²) in [6.45, 7) is 0. The highest BCUT2D eigenvalue weighted by Gasteiger charge is 2.32. The fourth-order valence-electron chi connectivity index (χ4n) is 1.91. The van der Waals surface area contributed by atoms with Crippen LogP contribution in [0.15, 0.2) is 24.3 Å². The lowest BCUT2D eigenvalue weighted by Crippen LogP contribution is -2.32. The van der Waals surface area contributed by atoms with Crippen molar-refractivity contribution in [1.29, 1.82) is 0 Å². The Kier molecular flexibility index (Phi) is 4.72. The molecule has 1 saturated heterocycles. The summed E-state index contributed by atoms with van der Waals surface area (Å²) < 4.78 is 0. The molecule has 8 heteroatoms. The van der Waals surface area contributed by atoms with Gasteiger partial charge in [-0.1, -0.05) is 24.3 Å². The van der Waals surface area contributed by atoms with Crippen LogP contribution in [0, 0.1) is 0 Å². The lowest BCUT2D eigenvalue weighted by molar-refractivity contribution is -0.197. The molecule has 1 aromatic rings. The van der Waals surface area contributed by atoms with Crippen molar-refractivity contribution in [2.75, 3.05) is 0 Å². The van der Waals surface area contributed by atoms with Gasteiger partial charge in [0, 0.05) is 12.8 Å². The summed E-state index contributed by atoms with van der Waals surface area (Å²) in [6, 6.07) is 6.40. The molecule has 1 heterocycles. The van der Waals surface area contributed by atoms with Gasteiger partial charge in [0.1, 0.15) is 0 Å². The highest BCUT2D eigenvalue weighted by Crippen LogP contribution is 2.13. The first-order valence-corrected chi connectivity index (χ1v) is 6.49. The number of benzene rings is 1. The van der Waals surface area contributed by atoms with Crippen LogP contribution in [0.25, 0.3) is 0 Å². The Hall–Kier alpha value is -2.19. The zero-order valence-corrected chi connectivity index (χ0v) is 11.2. The van der Waals surface area contributed by atoms with Gasteiger partial charge >= 0.3 is 13.1 Å². The van der Waals surface area contributed by atoms with Gasteiger partial charge in [0.05, 0.1) is 6.42 Å². The molecule has 1 aromatic carbocycles. The Morgan fingerprint density at radius 3 is 2.24 bits per heavy atom. The number of hydrogen-bond acceptors (Lipinski definition) is 6. The molecule has 1 aliphatic heterocycles. The van der Waals surface area contributed by atoms with Gasteiger partial charge in [-0.05, 0) is 17.4 Å². The van der Waals surface area contributed by atoms with Crippen molar-refractivity contribution in [3.05, 3.63) is 29.8 Å². The molecule has 0 aromatic heterocycles. The van der Waals surface area contributed by atoms with Crippen molar-refractivity contribution >= 4 is 30.4 Å². The standard InChI is InChI=1S/C13H14BNO6/c16-11-6-7-12(17)15(11)21-13(18)8-3-9-1-4-10(5-2-9)14(19)20/h1-2,4-5,19-20H,3,6-8H2. The first-order valence-electron chi connectivity index (χ1n) is 6.49. The lowest BCUT2D eigenvalue weighted by atomic mass is 9.80. The van der Waals surface area contributed by atoms with E-state index in [-0.39, 0.29) is 19.3 Å². The Labute approximate surface area is 121 Å². The molecule has 0 radical (unpaired) electrons.